The van der Waals surface area contributed by atoms with E-state index in [-0.39, 0.29) is 49.0 Å². The Balaban J connectivity index is 1.76. The second kappa shape index (κ2) is 13.3. The first-order valence-electron chi connectivity index (χ1n) is 13.1. The minimum atomic E-state index is -1.44. The third-order valence-corrected chi connectivity index (χ3v) is 7.01. The summed E-state index contributed by atoms with van der Waals surface area (Å²) in [4.78, 5) is 65.3. The summed E-state index contributed by atoms with van der Waals surface area (Å²) in [7, 11) is 1.15. The number of amidine groups is 1. The number of esters is 1. The molecule has 1 saturated heterocycles. The molecule has 0 spiro atoms. The zero-order valence-electron chi connectivity index (χ0n) is 22.9. The number of nitrogen functional groups attached to an aromatic ring is 1. The van der Waals surface area contributed by atoms with E-state index in [1.54, 1.807) is 55.5 Å². The molecule has 2 amide bonds. The molecule has 13 heteroatoms. The third kappa shape index (κ3) is 7.05. The molecule has 13 nitrogen and oxygen atoms in total. The number of hydrogen-bond acceptors (Lipinski definition) is 9. The van der Waals surface area contributed by atoms with Gasteiger partial charge < -0.3 is 35.8 Å². The average molecular weight is 570 g/mol. The van der Waals surface area contributed by atoms with Crippen molar-refractivity contribution in [2.24, 2.45) is 17.4 Å². The van der Waals surface area contributed by atoms with Crippen molar-refractivity contribution in [3.63, 3.8) is 0 Å². The van der Waals surface area contributed by atoms with Crippen LogP contribution in [0.4, 0.5) is 0 Å². The molecule has 0 radical (unpaired) electrons. The number of nitrogens with one attached hydrogen (secondary N) is 1. The number of carboxylic acid groups (broad SMARTS) is 1. The van der Waals surface area contributed by atoms with E-state index in [0.29, 0.717) is 0 Å². The number of aliphatic carboxylic acids is 1. The summed E-state index contributed by atoms with van der Waals surface area (Å²) in [6, 6.07) is 4.20. The highest BCUT2D eigenvalue weighted by molar-refractivity contribution is 6.13. The van der Waals surface area contributed by atoms with Crippen LogP contribution in [0.25, 0.3) is 0 Å². The van der Waals surface area contributed by atoms with Crippen LogP contribution >= 0.6 is 0 Å². The lowest BCUT2D eigenvalue weighted by atomic mass is 9.82. The van der Waals surface area contributed by atoms with Gasteiger partial charge in [-0.1, -0.05) is 36.4 Å². The monoisotopic (exact) mass is 569 g/mol. The standard InChI is InChI=1S/C28H35N5O8/c1-3-41-28(24(37)18-6-4-5-7-19(18)25(30)31)10-8-17(9-11-28)14-20(29)26(38)33-13-12-32(16-22(34)35)27(39)21(33)15-23(36)40-2/h4-11,17,20-21H,3,12-16,29H2,1-2H3,(H3,30,31)(H,34,35)/t17?,20-,21-,28?/m0/s1. The van der Waals surface area contributed by atoms with Crippen LogP contribution in [0.2, 0.25) is 0 Å². The molecular formula is C28H35N5O8. The van der Waals surface area contributed by atoms with Crippen molar-refractivity contribution in [3.8, 4) is 0 Å². The van der Waals surface area contributed by atoms with Crippen molar-refractivity contribution in [1.82, 2.24) is 9.80 Å². The van der Waals surface area contributed by atoms with Gasteiger partial charge in [-0.15, -0.1) is 0 Å². The van der Waals surface area contributed by atoms with Gasteiger partial charge in [0.25, 0.3) is 0 Å². The van der Waals surface area contributed by atoms with Crippen molar-refractivity contribution in [1.29, 1.82) is 5.41 Å². The number of allylic oxidation sites excluding steroid dienone is 2. The molecule has 2 aliphatic rings. The Kier molecular flexibility index (Phi) is 10.1. The lowest BCUT2D eigenvalue weighted by Crippen LogP contribution is -2.62. The summed E-state index contributed by atoms with van der Waals surface area (Å²) >= 11 is 0. The molecule has 220 valence electrons. The van der Waals surface area contributed by atoms with Gasteiger partial charge >= 0.3 is 11.9 Å². The number of ether oxygens (including phenoxy) is 2. The smallest absolute Gasteiger partial charge is 0.323 e. The van der Waals surface area contributed by atoms with Crippen LogP contribution in [-0.2, 0) is 28.7 Å². The number of methoxy groups -OCH3 is 1. The molecule has 3 rings (SSSR count). The first-order chi connectivity index (χ1) is 19.4. The summed E-state index contributed by atoms with van der Waals surface area (Å²) in [5.74, 6) is -4.20. The van der Waals surface area contributed by atoms with E-state index in [4.69, 9.17) is 26.7 Å². The number of rotatable bonds is 12. The topological polar surface area (TPSA) is 206 Å². The molecular weight excluding hydrogens is 534 g/mol. The van der Waals surface area contributed by atoms with Crippen LogP contribution in [0.1, 0.15) is 35.7 Å². The van der Waals surface area contributed by atoms with E-state index in [0.717, 1.165) is 12.0 Å². The number of ketones is 1. The van der Waals surface area contributed by atoms with E-state index in [2.05, 4.69) is 4.74 Å². The first kappa shape index (κ1) is 31.2. The number of hydrogen-bond donors (Lipinski definition) is 4. The lowest BCUT2D eigenvalue weighted by Gasteiger charge is -2.40. The van der Waals surface area contributed by atoms with Gasteiger partial charge in [0.05, 0.1) is 19.6 Å². The van der Waals surface area contributed by atoms with Gasteiger partial charge in [0, 0.05) is 30.8 Å². The second-order valence-electron chi connectivity index (χ2n) is 9.72. The molecule has 1 aromatic rings. The number of Topliss-reactive ketones (excluding diaryl/α,β-unsaturated/α-hetero) is 1. The second-order valence-corrected chi connectivity index (χ2v) is 9.72. The number of piperazine rings is 1. The molecule has 41 heavy (non-hydrogen) atoms. The summed E-state index contributed by atoms with van der Waals surface area (Å²) in [6.07, 6.45) is 6.28. The van der Waals surface area contributed by atoms with Crippen LogP contribution < -0.4 is 11.5 Å². The fourth-order valence-electron chi connectivity index (χ4n) is 4.96. The number of amides is 2. The number of nitrogens with zero attached hydrogens (tertiary/aromatic N) is 2. The summed E-state index contributed by atoms with van der Waals surface area (Å²) in [6.45, 7) is 1.39. The average Bonchev–Trinajstić information content (AvgIpc) is 2.95. The minimum Gasteiger partial charge on any atom is -0.480 e. The normalized spacial score (nSPS) is 22.8. The predicted molar refractivity (Wildman–Crippen MR) is 147 cm³/mol. The van der Waals surface area contributed by atoms with Gasteiger partial charge in [-0.2, -0.15) is 0 Å². The molecule has 2 atom stereocenters. The van der Waals surface area contributed by atoms with Gasteiger partial charge in [-0.25, -0.2) is 0 Å². The van der Waals surface area contributed by atoms with Gasteiger partial charge in [0.2, 0.25) is 17.6 Å². The maximum absolute atomic E-state index is 13.6. The molecule has 1 aliphatic heterocycles. The molecule has 0 unspecified atom stereocenters. The number of carbonyl (C=O) groups excluding carboxylic acids is 4. The van der Waals surface area contributed by atoms with Gasteiger partial charge in [0.1, 0.15) is 18.4 Å². The zero-order valence-corrected chi connectivity index (χ0v) is 22.9. The van der Waals surface area contributed by atoms with Crippen LogP contribution in [0, 0.1) is 11.3 Å². The van der Waals surface area contributed by atoms with E-state index in [9.17, 15) is 24.0 Å². The third-order valence-electron chi connectivity index (χ3n) is 7.01. The Bertz CT molecular complexity index is 1260. The Morgan fingerprint density at radius 2 is 1.78 bits per heavy atom. The highest BCUT2D eigenvalue weighted by Crippen LogP contribution is 2.30. The molecule has 1 aliphatic carbocycles. The number of benzene rings is 1. The Labute approximate surface area is 237 Å². The molecule has 0 aromatic heterocycles. The number of carboxylic acids is 1. The van der Waals surface area contributed by atoms with Crippen molar-refractivity contribution in [2.45, 2.75) is 37.5 Å². The van der Waals surface area contributed by atoms with Crippen LogP contribution in [0.3, 0.4) is 0 Å². The van der Waals surface area contributed by atoms with Crippen LogP contribution in [0.15, 0.2) is 48.6 Å². The molecule has 0 bridgehead atoms. The lowest BCUT2D eigenvalue weighted by molar-refractivity contribution is -0.159. The Morgan fingerprint density at radius 1 is 1.15 bits per heavy atom. The van der Waals surface area contributed by atoms with E-state index in [1.165, 1.54) is 4.90 Å². The zero-order chi connectivity index (χ0) is 30.3. The molecule has 0 saturated carbocycles. The van der Waals surface area contributed by atoms with Crippen molar-refractivity contribution >= 4 is 35.4 Å². The predicted octanol–water partition coefficient (Wildman–Crippen LogP) is 0.0754. The van der Waals surface area contributed by atoms with E-state index in [1.807, 2.05) is 0 Å². The molecule has 1 aromatic carbocycles. The fourth-order valence-corrected chi connectivity index (χ4v) is 4.96. The largest absolute Gasteiger partial charge is 0.480 e. The Hall–Kier alpha value is -4.36. The molecule has 6 N–H and O–H groups in total. The number of carbonyl (C=O) groups is 5. The van der Waals surface area contributed by atoms with Crippen molar-refractivity contribution < 1.29 is 38.6 Å². The quantitative estimate of drug-likeness (QED) is 0.0876. The van der Waals surface area contributed by atoms with Crippen LogP contribution in [-0.4, -0.2) is 101 Å². The summed E-state index contributed by atoms with van der Waals surface area (Å²) in [5.41, 5.74) is 11.0. The SMILES string of the molecule is CCOC1(C(=O)c2ccccc2C(=N)N)C=CC(C[C@H](N)C(=O)N2CCN(CC(=O)O)C(=O)[C@@H]2CC(=O)OC)C=C1. The van der Waals surface area contributed by atoms with Crippen LogP contribution in [0.5, 0.6) is 0 Å². The van der Waals surface area contributed by atoms with Gasteiger partial charge in [-0.05, 0) is 31.4 Å². The Morgan fingerprint density at radius 3 is 2.34 bits per heavy atom. The molecule has 1 fully saturated rings. The van der Waals surface area contributed by atoms with Crippen molar-refractivity contribution in [2.75, 3.05) is 33.4 Å². The van der Waals surface area contributed by atoms with Gasteiger partial charge in [-0.3, -0.25) is 29.4 Å². The summed E-state index contributed by atoms with van der Waals surface area (Å²) < 4.78 is 10.5. The first-order valence-corrected chi connectivity index (χ1v) is 13.1. The molecule has 1 heterocycles. The number of nitrogens with two attached hydrogens (primary N) is 2. The van der Waals surface area contributed by atoms with Gasteiger partial charge in [0.15, 0.2) is 5.60 Å². The van der Waals surface area contributed by atoms with Crippen molar-refractivity contribution in [3.05, 3.63) is 59.7 Å². The highest BCUT2D eigenvalue weighted by atomic mass is 16.5. The van der Waals surface area contributed by atoms with E-state index < -0.39 is 60.2 Å². The minimum absolute atomic E-state index is 0.00106. The maximum Gasteiger partial charge on any atom is 0.323 e. The highest BCUT2D eigenvalue weighted by Gasteiger charge is 2.42. The maximum atomic E-state index is 13.6. The fraction of sp³-hybridized carbons (Fsp3) is 0.429. The summed E-state index contributed by atoms with van der Waals surface area (Å²) in [5, 5.41) is 16.9. The van der Waals surface area contributed by atoms with E-state index >= 15 is 0 Å².